The van der Waals surface area contributed by atoms with Crippen molar-refractivity contribution in [2.24, 2.45) is 0 Å². The number of nitrogens with zero attached hydrogens (tertiary/aromatic N) is 1. The summed E-state index contributed by atoms with van der Waals surface area (Å²) < 4.78 is 5.01. The van der Waals surface area contributed by atoms with Gasteiger partial charge in [-0.3, -0.25) is 0 Å². The number of allylic oxidation sites excluding steroid dienone is 1. The molecule has 0 atom stereocenters. The average Bonchev–Trinajstić information content (AvgIpc) is 2.30. The van der Waals surface area contributed by atoms with Crippen LogP contribution in [-0.2, 0) is 0 Å². The van der Waals surface area contributed by atoms with Gasteiger partial charge in [0.1, 0.15) is 5.69 Å². The van der Waals surface area contributed by atoms with E-state index in [-0.39, 0.29) is 6.01 Å². The highest BCUT2D eigenvalue weighted by Crippen LogP contribution is 2.19. The van der Waals surface area contributed by atoms with Crippen LogP contribution in [0.2, 0.25) is 0 Å². The summed E-state index contributed by atoms with van der Waals surface area (Å²) in [6.07, 6.45) is 1.56. The minimum atomic E-state index is 0.151. The van der Waals surface area contributed by atoms with Gasteiger partial charge in [-0.1, -0.05) is 13.2 Å². The summed E-state index contributed by atoms with van der Waals surface area (Å²) in [5.74, 6) is 0.579. The fourth-order valence-electron chi connectivity index (χ4n) is 0.793. The number of hydrogen-bond donors (Lipinski definition) is 1. The Morgan fingerprint density at radius 1 is 1.73 bits per heavy atom. The van der Waals surface area contributed by atoms with Crippen LogP contribution in [0, 0.1) is 0 Å². The Kier molecular flexibility index (Phi) is 1.81. The molecule has 0 amide bonds. The highest BCUT2D eigenvalue weighted by molar-refractivity contribution is 5.66. The van der Waals surface area contributed by atoms with Gasteiger partial charge in [-0.25, -0.2) is 0 Å². The molecule has 58 valence electrons. The quantitative estimate of drug-likeness (QED) is 0.700. The molecule has 0 saturated carbocycles. The second-order valence-corrected chi connectivity index (χ2v) is 2.25. The van der Waals surface area contributed by atoms with Gasteiger partial charge in [0.2, 0.25) is 0 Å². The fraction of sp³-hybridized carbons (Fsp3) is 0.125. The number of oxazole rings is 1. The lowest BCUT2D eigenvalue weighted by atomic mass is 10.2. The van der Waals surface area contributed by atoms with E-state index in [1.165, 1.54) is 0 Å². The summed E-state index contributed by atoms with van der Waals surface area (Å²) in [6.45, 7) is 9.12. The van der Waals surface area contributed by atoms with Crippen LogP contribution in [0.1, 0.15) is 18.4 Å². The van der Waals surface area contributed by atoms with Gasteiger partial charge in [0.15, 0.2) is 5.76 Å². The Morgan fingerprint density at radius 3 is 2.73 bits per heavy atom. The van der Waals surface area contributed by atoms with Gasteiger partial charge in [-0.15, -0.1) is 0 Å². The first-order valence-electron chi connectivity index (χ1n) is 3.19. The SMILES string of the molecule is C=Cc1oc(N)nc1C(=C)C. The molecule has 0 fully saturated rings. The first-order chi connectivity index (χ1) is 5.15. The van der Waals surface area contributed by atoms with Crippen molar-refractivity contribution in [2.75, 3.05) is 5.73 Å². The van der Waals surface area contributed by atoms with Gasteiger partial charge in [0.25, 0.3) is 6.01 Å². The number of nitrogen functional groups attached to an aromatic ring is 1. The second kappa shape index (κ2) is 2.62. The first-order valence-corrected chi connectivity index (χ1v) is 3.19. The third-order valence-electron chi connectivity index (χ3n) is 1.26. The summed E-state index contributed by atoms with van der Waals surface area (Å²) in [4.78, 5) is 3.92. The molecule has 2 N–H and O–H groups in total. The van der Waals surface area contributed by atoms with Crippen LogP contribution in [0.4, 0.5) is 6.01 Å². The van der Waals surface area contributed by atoms with Crippen molar-refractivity contribution in [1.82, 2.24) is 4.98 Å². The van der Waals surface area contributed by atoms with Gasteiger partial charge in [-0.2, -0.15) is 4.98 Å². The second-order valence-electron chi connectivity index (χ2n) is 2.25. The molecule has 1 rings (SSSR count). The van der Waals surface area contributed by atoms with Crippen LogP contribution in [0.25, 0.3) is 11.6 Å². The molecule has 1 heterocycles. The summed E-state index contributed by atoms with van der Waals surface area (Å²) in [7, 11) is 0. The largest absolute Gasteiger partial charge is 0.424 e. The predicted octanol–water partition coefficient (Wildman–Crippen LogP) is 1.93. The zero-order valence-electron chi connectivity index (χ0n) is 6.42. The van der Waals surface area contributed by atoms with Crippen LogP contribution in [0.3, 0.4) is 0 Å². The molecule has 3 nitrogen and oxygen atoms in total. The molecule has 1 aromatic heterocycles. The third-order valence-corrected chi connectivity index (χ3v) is 1.26. The number of rotatable bonds is 2. The van der Waals surface area contributed by atoms with Crippen LogP contribution in [0.5, 0.6) is 0 Å². The standard InChI is InChI=1S/C8H10N2O/c1-4-6-7(5(2)3)10-8(9)11-6/h4H,1-2H2,3H3,(H2,9,10). The number of hydrogen-bond acceptors (Lipinski definition) is 3. The van der Waals surface area contributed by atoms with Crippen molar-refractivity contribution in [3.8, 4) is 0 Å². The summed E-state index contributed by atoms with van der Waals surface area (Å²) in [6, 6.07) is 0.151. The van der Waals surface area contributed by atoms with E-state index in [4.69, 9.17) is 10.2 Å². The molecule has 0 unspecified atom stereocenters. The average molecular weight is 150 g/mol. The zero-order chi connectivity index (χ0) is 8.43. The highest BCUT2D eigenvalue weighted by atomic mass is 16.4. The molecule has 0 radical (unpaired) electrons. The van der Waals surface area contributed by atoms with Crippen LogP contribution in [0.15, 0.2) is 17.6 Å². The van der Waals surface area contributed by atoms with E-state index in [1.54, 1.807) is 6.08 Å². The Labute approximate surface area is 65.2 Å². The monoisotopic (exact) mass is 150 g/mol. The van der Waals surface area contributed by atoms with Crippen LogP contribution >= 0.6 is 0 Å². The first kappa shape index (κ1) is 7.60. The normalized spacial score (nSPS) is 9.55. The van der Waals surface area contributed by atoms with E-state index in [9.17, 15) is 0 Å². The van der Waals surface area contributed by atoms with Gasteiger partial charge >= 0.3 is 0 Å². The van der Waals surface area contributed by atoms with E-state index in [2.05, 4.69) is 18.1 Å². The summed E-state index contributed by atoms with van der Waals surface area (Å²) in [5, 5.41) is 0. The summed E-state index contributed by atoms with van der Waals surface area (Å²) >= 11 is 0. The van der Waals surface area contributed by atoms with E-state index >= 15 is 0 Å². The van der Waals surface area contributed by atoms with Crippen molar-refractivity contribution in [3.63, 3.8) is 0 Å². The number of nitrogens with two attached hydrogens (primary N) is 1. The molecular formula is C8H10N2O. The van der Waals surface area contributed by atoms with Crippen molar-refractivity contribution in [3.05, 3.63) is 24.6 Å². The van der Waals surface area contributed by atoms with E-state index in [0.717, 1.165) is 5.57 Å². The van der Waals surface area contributed by atoms with Crippen molar-refractivity contribution < 1.29 is 4.42 Å². The van der Waals surface area contributed by atoms with Crippen molar-refractivity contribution in [2.45, 2.75) is 6.92 Å². The zero-order valence-corrected chi connectivity index (χ0v) is 6.42. The predicted molar refractivity (Wildman–Crippen MR) is 45.7 cm³/mol. The summed E-state index contributed by atoms with van der Waals surface area (Å²) in [5.41, 5.74) is 6.82. The lowest BCUT2D eigenvalue weighted by molar-refractivity contribution is 0.570. The van der Waals surface area contributed by atoms with Gasteiger partial charge in [0, 0.05) is 0 Å². The number of aromatic nitrogens is 1. The van der Waals surface area contributed by atoms with Gasteiger partial charge < -0.3 is 10.2 Å². The van der Waals surface area contributed by atoms with E-state index in [1.807, 2.05) is 6.92 Å². The van der Waals surface area contributed by atoms with Crippen molar-refractivity contribution in [1.29, 1.82) is 0 Å². The van der Waals surface area contributed by atoms with Crippen LogP contribution in [-0.4, -0.2) is 4.98 Å². The maximum absolute atomic E-state index is 5.33. The molecular weight excluding hydrogens is 140 g/mol. The molecule has 0 aliphatic heterocycles. The van der Waals surface area contributed by atoms with E-state index in [0.29, 0.717) is 11.5 Å². The minimum Gasteiger partial charge on any atom is -0.424 e. The molecule has 11 heavy (non-hydrogen) atoms. The molecule has 0 aliphatic carbocycles. The molecule has 1 aromatic rings. The Bertz CT molecular complexity index is 299. The van der Waals surface area contributed by atoms with Gasteiger partial charge in [-0.05, 0) is 18.6 Å². The third kappa shape index (κ3) is 1.32. The maximum Gasteiger partial charge on any atom is 0.292 e. The fourth-order valence-corrected chi connectivity index (χ4v) is 0.793. The van der Waals surface area contributed by atoms with Crippen molar-refractivity contribution >= 4 is 17.7 Å². The Hall–Kier alpha value is -1.51. The minimum absolute atomic E-state index is 0.151. The molecule has 0 aromatic carbocycles. The maximum atomic E-state index is 5.33. The highest BCUT2D eigenvalue weighted by Gasteiger charge is 2.07. The lowest BCUT2D eigenvalue weighted by Gasteiger charge is -1.90. The Morgan fingerprint density at radius 2 is 2.36 bits per heavy atom. The lowest BCUT2D eigenvalue weighted by Crippen LogP contribution is -1.84. The number of anilines is 1. The van der Waals surface area contributed by atoms with E-state index < -0.39 is 0 Å². The molecule has 0 bridgehead atoms. The van der Waals surface area contributed by atoms with Crippen LogP contribution < -0.4 is 5.73 Å². The molecule has 0 aliphatic rings. The molecule has 0 spiro atoms. The molecule has 0 saturated heterocycles. The topological polar surface area (TPSA) is 52.0 Å². The molecule has 3 heteroatoms. The smallest absolute Gasteiger partial charge is 0.292 e. The van der Waals surface area contributed by atoms with Gasteiger partial charge in [0.05, 0.1) is 0 Å². The Balaban J connectivity index is 3.22.